The van der Waals surface area contributed by atoms with E-state index in [1.54, 1.807) is 31.5 Å². The average molecular weight is 267 g/mol. The summed E-state index contributed by atoms with van der Waals surface area (Å²) in [5, 5.41) is 19.9. The lowest BCUT2D eigenvalue weighted by atomic mass is 10.2. The molecule has 0 fully saturated rings. The van der Waals surface area contributed by atoms with Gasteiger partial charge in [-0.3, -0.25) is 4.98 Å². The van der Waals surface area contributed by atoms with E-state index in [4.69, 9.17) is 10.2 Å². The number of aromatic nitrogens is 1. The number of aliphatic hydroxyl groups is 1. The van der Waals surface area contributed by atoms with Gasteiger partial charge in [0.05, 0.1) is 6.61 Å². The van der Waals surface area contributed by atoms with Crippen LogP contribution in [0.15, 0.2) is 24.5 Å². The van der Waals surface area contributed by atoms with E-state index >= 15 is 0 Å². The minimum absolute atomic E-state index is 0.350. The lowest BCUT2D eigenvalue weighted by molar-refractivity contribution is -0.140. The molecule has 0 saturated heterocycles. The number of aliphatic hydroxyl groups excluding tert-OH is 1. The number of carboxylic acids is 1. The zero-order chi connectivity index (χ0) is 14.3. The van der Waals surface area contributed by atoms with Crippen LogP contribution in [0.3, 0.4) is 0 Å². The van der Waals surface area contributed by atoms with E-state index in [2.05, 4.69) is 10.3 Å². The highest BCUT2D eigenvalue weighted by Crippen LogP contribution is 2.03. The monoisotopic (exact) mass is 267 g/mol. The van der Waals surface area contributed by atoms with Gasteiger partial charge in [0.25, 0.3) is 0 Å². The minimum Gasteiger partial charge on any atom is -0.480 e. The first-order chi connectivity index (χ1) is 9.08. The Bertz CT molecular complexity index is 424. The van der Waals surface area contributed by atoms with E-state index in [0.717, 1.165) is 5.56 Å². The summed E-state index contributed by atoms with van der Waals surface area (Å²) in [5.41, 5.74) is 0.892. The van der Waals surface area contributed by atoms with Gasteiger partial charge in [0.1, 0.15) is 0 Å². The van der Waals surface area contributed by atoms with Crippen LogP contribution >= 0.6 is 0 Å². The zero-order valence-electron chi connectivity index (χ0n) is 10.6. The van der Waals surface area contributed by atoms with Gasteiger partial charge in [-0.2, -0.15) is 0 Å². The minimum atomic E-state index is -1.29. The summed E-state index contributed by atoms with van der Waals surface area (Å²) in [5.74, 6) is -1.27. The molecule has 104 valence electrons. The third-order valence-electron chi connectivity index (χ3n) is 2.57. The first kappa shape index (κ1) is 14.9. The van der Waals surface area contributed by atoms with Crippen LogP contribution in [0.4, 0.5) is 4.79 Å². The van der Waals surface area contributed by atoms with E-state index < -0.39 is 24.6 Å². The van der Waals surface area contributed by atoms with Crippen LogP contribution in [0.2, 0.25) is 0 Å². The fourth-order valence-electron chi connectivity index (χ4n) is 1.46. The summed E-state index contributed by atoms with van der Waals surface area (Å²) < 4.78 is 0. The molecule has 0 spiro atoms. The number of urea groups is 1. The topological polar surface area (TPSA) is 103 Å². The zero-order valence-corrected chi connectivity index (χ0v) is 10.6. The maximum atomic E-state index is 11.9. The number of pyridine rings is 1. The third-order valence-corrected chi connectivity index (χ3v) is 2.57. The van der Waals surface area contributed by atoms with Gasteiger partial charge in [-0.05, 0) is 24.6 Å². The van der Waals surface area contributed by atoms with Gasteiger partial charge in [-0.1, -0.05) is 0 Å². The molecule has 0 bridgehead atoms. The molecular formula is C12H17N3O4. The number of hydrogen-bond donors (Lipinski definition) is 3. The fourth-order valence-corrected chi connectivity index (χ4v) is 1.46. The number of carbonyl (C=O) groups is 2. The van der Waals surface area contributed by atoms with Crippen molar-refractivity contribution in [1.82, 2.24) is 15.2 Å². The van der Waals surface area contributed by atoms with Crippen molar-refractivity contribution >= 4 is 12.0 Å². The Labute approximate surface area is 110 Å². The normalized spacial score (nSPS) is 11.7. The molecule has 1 atom stereocenters. The molecule has 0 aliphatic rings. The molecule has 7 heteroatoms. The smallest absolute Gasteiger partial charge is 0.328 e. The van der Waals surface area contributed by atoms with Gasteiger partial charge in [-0.15, -0.1) is 0 Å². The van der Waals surface area contributed by atoms with E-state index in [0.29, 0.717) is 13.1 Å². The molecule has 0 radical (unpaired) electrons. The van der Waals surface area contributed by atoms with Gasteiger partial charge in [0.15, 0.2) is 6.04 Å². The second kappa shape index (κ2) is 7.32. The van der Waals surface area contributed by atoms with E-state index in [9.17, 15) is 9.59 Å². The number of amides is 2. The fraction of sp³-hybridized carbons (Fsp3) is 0.417. The summed E-state index contributed by atoms with van der Waals surface area (Å²) in [7, 11) is 0. The molecule has 1 rings (SSSR count). The van der Waals surface area contributed by atoms with Crippen molar-refractivity contribution in [3.05, 3.63) is 30.1 Å². The number of aliphatic carboxylic acids is 1. The summed E-state index contributed by atoms with van der Waals surface area (Å²) in [6.07, 6.45) is 3.24. The summed E-state index contributed by atoms with van der Waals surface area (Å²) in [6.45, 7) is 1.91. The van der Waals surface area contributed by atoms with Crippen molar-refractivity contribution in [2.45, 2.75) is 19.5 Å². The molecule has 1 heterocycles. The quantitative estimate of drug-likeness (QED) is 0.676. The first-order valence-electron chi connectivity index (χ1n) is 5.86. The second-order valence-electron chi connectivity index (χ2n) is 3.89. The average Bonchev–Trinajstić information content (AvgIpc) is 2.42. The summed E-state index contributed by atoms with van der Waals surface area (Å²) in [4.78, 5) is 27.9. The molecule has 1 aromatic heterocycles. The highest BCUT2D eigenvalue weighted by atomic mass is 16.4. The molecule has 2 amide bonds. The van der Waals surface area contributed by atoms with Crippen molar-refractivity contribution in [2.75, 3.05) is 13.2 Å². The van der Waals surface area contributed by atoms with Crippen LogP contribution in [0, 0.1) is 0 Å². The Balaban J connectivity index is 2.64. The summed E-state index contributed by atoms with van der Waals surface area (Å²) >= 11 is 0. The number of nitrogens with one attached hydrogen (secondary N) is 1. The van der Waals surface area contributed by atoms with Crippen molar-refractivity contribution < 1.29 is 19.8 Å². The van der Waals surface area contributed by atoms with Crippen molar-refractivity contribution in [3.8, 4) is 0 Å². The van der Waals surface area contributed by atoms with E-state index in [1.807, 2.05) is 0 Å². The molecular weight excluding hydrogens is 250 g/mol. The Morgan fingerprint density at radius 3 is 2.53 bits per heavy atom. The molecule has 0 aromatic carbocycles. The highest BCUT2D eigenvalue weighted by Gasteiger charge is 2.21. The Kier molecular flexibility index (Phi) is 5.74. The van der Waals surface area contributed by atoms with Crippen LogP contribution in [-0.2, 0) is 11.3 Å². The van der Waals surface area contributed by atoms with Crippen molar-refractivity contribution in [1.29, 1.82) is 0 Å². The van der Waals surface area contributed by atoms with Gasteiger partial charge >= 0.3 is 12.0 Å². The molecule has 3 N–H and O–H groups in total. The van der Waals surface area contributed by atoms with Crippen LogP contribution in [-0.4, -0.2) is 51.3 Å². The van der Waals surface area contributed by atoms with E-state index in [-0.39, 0.29) is 0 Å². The van der Waals surface area contributed by atoms with Gasteiger partial charge in [0.2, 0.25) is 0 Å². The SMILES string of the molecule is CCN(Cc1ccncc1)C(=O)N[C@H](CO)C(=O)O. The Morgan fingerprint density at radius 2 is 2.05 bits per heavy atom. The van der Waals surface area contributed by atoms with E-state index in [1.165, 1.54) is 4.90 Å². The van der Waals surface area contributed by atoms with Crippen LogP contribution in [0.5, 0.6) is 0 Å². The van der Waals surface area contributed by atoms with Gasteiger partial charge < -0.3 is 20.4 Å². The lowest BCUT2D eigenvalue weighted by Gasteiger charge is -2.23. The molecule has 0 unspecified atom stereocenters. The number of nitrogens with zero attached hydrogens (tertiary/aromatic N) is 2. The molecule has 0 aliphatic heterocycles. The number of carbonyl (C=O) groups excluding carboxylic acids is 1. The molecule has 0 saturated carbocycles. The third kappa shape index (κ3) is 4.55. The van der Waals surface area contributed by atoms with Crippen molar-refractivity contribution in [3.63, 3.8) is 0 Å². The second-order valence-corrected chi connectivity index (χ2v) is 3.89. The highest BCUT2D eigenvalue weighted by molar-refractivity contribution is 5.82. The maximum absolute atomic E-state index is 11.9. The van der Waals surface area contributed by atoms with Crippen LogP contribution < -0.4 is 5.32 Å². The van der Waals surface area contributed by atoms with Crippen LogP contribution in [0.25, 0.3) is 0 Å². The predicted molar refractivity (Wildman–Crippen MR) is 67.4 cm³/mol. The standard InChI is InChI=1S/C12H17N3O4/c1-2-15(7-9-3-5-13-6-4-9)12(19)14-10(8-16)11(17)18/h3-6,10,16H,2,7-8H2,1H3,(H,14,19)(H,17,18)/t10-/m1/s1. The number of rotatable bonds is 6. The van der Waals surface area contributed by atoms with Gasteiger partial charge in [-0.25, -0.2) is 9.59 Å². The maximum Gasteiger partial charge on any atom is 0.328 e. The van der Waals surface area contributed by atoms with Gasteiger partial charge in [0, 0.05) is 25.5 Å². The largest absolute Gasteiger partial charge is 0.480 e. The Hall–Kier alpha value is -2.15. The molecule has 7 nitrogen and oxygen atoms in total. The number of hydrogen-bond acceptors (Lipinski definition) is 4. The summed E-state index contributed by atoms with van der Waals surface area (Å²) in [6, 6.07) is 1.73. The van der Waals surface area contributed by atoms with Crippen molar-refractivity contribution in [2.24, 2.45) is 0 Å². The molecule has 0 aliphatic carbocycles. The predicted octanol–water partition coefficient (Wildman–Crippen LogP) is 0.0586. The number of carboxylic acid groups (broad SMARTS) is 1. The Morgan fingerprint density at radius 1 is 1.42 bits per heavy atom. The molecule has 1 aromatic rings. The molecule has 19 heavy (non-hydrogen) atoms. The lowest BCUT2D eigenvalue weighted by Crippen LogP contribution is -2.49. The first-order valence-corrected chi connectivity index (χ1v) is 5.86. The van der Waals surface area contributed by atoms with Crippen LogP contribution in [0.1, 0.15) is 12.5 Å².